The Bertz CT molecular complexity index is 680. The molecule has 0 radical (unpaired) electrons. The number of hydrogen-bond donors (Lipinski definition) is 2. The Morgan fingerprint density at radius 1 is 1.57 bits per heavy atom. The summed E-state index contributed by atoms with van der Waals surface area (Å²) in [5, 5.41) is 9.19. The fraction of sp³-hybridized carbons (Fsp3) is 0.214. The highest BCUT2D eigenvalue weighted by atomic mass is 32.2. The smallest absolute Gasteiger partial charge is 0.234 e. The van der Waals surface area contributed by atoms with Crippen molar-refractivity contribution in [1.29, 1.82) is 0 Å². The van der Waals surface area contributed by atoms with Gasteiger partial charge in [-0.3, -0.25) is 9.89 Å². The van der Waals surface area contributed by atoms with Crippen molar-refractivity contribution < 1.29 is 9.18 Å². The minimum Gasteiger partial charge on any atom is -0.344 e. The lowest BCUT2D eigenvalue weighted by Gasteiger charge is -2.07. The van der Waals surface area contributed by atoms with Crippen molar-refractivity contribution >= 4 is 17.7 Å². The standard InChI is InChI=1S/C14H13FN4OS/c1-3-8-16-13(20)9(2)21-14-17-12(18-19-14)10-6-4-5-7-11(10)15/h1,4-7,9H,8H2,2H3,(H,16,20)(H,17,18,19). The van der Waals surface area contributed by atoms with Crippen LogP contribution in [0.25, 0.3) is 11.4 Å². The van der Waals surface area contributed by atoms with E-state index in [4.69, 9.17) is 6.42 Å². The van der Waals surface area contributed by atoms with Gasteiger partial charge in [0, 0.05) is 0 Å². The summed E-state index contributed by atoms with van der Waals surface area (Å²) in [5.41, 5.74) is 0.335. The molecule has 0 fully saturated rings. The molecule has 21 heavy (non-hydrogen) atoms. The van der Waals surface area contributed by atoms with E-state index < -0.39 is 5.25 Å². The zero-order valence-electron chi connectivity index (χ0n) is 11.3. The van der Waals surface area contributed by atoms with Gasteiger partial charge >= 0.3 is 0 Å². The van der Waals surface area contributed by atoms with Crippen LogP contribution in [-0.2, 0) is 4.79 Å². The van der Waals surface area contributed by atoms with E-state index in [1.54, 1.807) is 25.1 Å². The van der Waals surface area contributed by atoms with Crippen molar-refractivity contribution in [3.63, 3.8) is 0 Å². The number of amides is 1. The van der Waals surface area contributed by atoms with Crippen LogP contribution in [0.2, 0.25) is 0 Å². The van der Waals surface area contributed by atoms with Crippen molar-refractivity contribution in [3.05, 3.63) is 30.1 Å². The Labute approximate surface area is 125 Å². The molecule has 0 aliphatic carbocycles. The largest absolute Gasteiger partial charge is 0.344 e. The molecule has 0 saturated heterocycles. The van der Waals surface area contributed by atoms with Gasteiger partial charge in [-0.1, -0.05) is 29.8 Å². The Hall–Kier alpha value is -2.33. The lowest BCUT2D eigenvalue weighted by Crippen LogP contribution is -2.31. The molecular weight excluding hydrogens is 291 g/mol. The second-order valence-electron chi connectivity index (χ2n) is 4.13. The highest BCUT2D eigenvalue weighted by Crippen LogP contribution is 2.24. The molecule has 7 heteroatoms. The summed E-state index contributed by atoms with van der Waals surface area (Å²) < 4.78 is 13.6. The number of carbonyl (C=O) groups excluding carboxylic acids is 1. The van der Waals surface area contributed by atoms with Crippen LogP contribution in [0.3, 0.4) is 0 Å². The molecule has 2 rings (SSSR count). The van der Waals surface area contributed by atoms with Crippen molar-refractivity contribution in [2.45, 2.75) is 17.3 Å². The fourth-order valence-corrected chi connectivity index (χ4v) is 2.32. The molecule has 5 nitrogen and oxygen atoms in total. The number of benzene rings is 1. The molecule has 1 heterocycles. The van der Waals surface area contributed by atoms with E-state index in [1.165, 1.54) is 17.8 Å². The lowest BCUT2D eigenvalue weighted by molar-refractivity contribution is -0.120. The Morgan fingerprint density at radius 2 is 2.33 bits per heavy atom. The number of aromatic amines is 1. The van der Waals surface area contributed by atoms with Crippen LogP contribution < -0.4 is 5.32 Å². The van der Waals surface area contributed by atoms with Crippen LogP contribution in [0.15, 0.2) is 29.4 Å². The van der Waals surface area contributed by atoms with Crippen LogP contribution in [0.4, 0.5) is 4.39 Å². The van der Waals surface area contributed by atoms with Crippen LogP contribution >= 0.6 is 11.8 Å². The van der Waals surface area contributed by atoms with Gasteiger partial charge in [0.15, 0.2) is 5.82 Å². The van der Waals surface area contributed by atoms with Crippen molar-refractivity contribution in [1.82, 2.24) is 20.5 Å². The first kappa shape index (κ1) is 15.1. The quantitative estimate of drug-likeness (QED) is 0.653. The second-order valence-corrected chi connectivity index (χ2v) is 5.44. The monoisotopic (exact) mass is 304 g/mol. The van der Waals surface area contributed by atoms with Gasteiger partial charge < -0.3 is 5.32 Å². The van der Waals surface area contributed by atoms with Gasteiger partial charge in [0.1, 0.15) is 5.82 Å². The molecule has 0 aliphatic heterocycles. The van der Waals surface area contributed by atoms with Crippen LogP contribution in [0.1, 0.15) is 6.92 Å². The number of terminal acetylenes is 1. The van der Waals surface area contributed by atoms with Gasteiger partial charge in [-0.25, -0.2) is 9.37 Å². The fourth-order valence-electron chi connectivity index (χ4n) is 1.57. The first-order valence-electron chi connectivity index (χ1n) is 6.17. The van der Waals surface area contributed by atoms with Gasteiger partial charge in [0.25, 0.3) is 0 Å². The molecule has 2 aromatic rings. The van der Waals surface area contributed by atoms with E-state index in [1.807, 2.05) is 0 Å². The van der Waals surface area contributed by atoms with E-state index in [9.17, 15) is 9.18 Å². The van der Waals surface area contributed by atoms with E-state index in [-0.39, 0.29) is 18.3 Å². The summed E-state index contributed by atoms with van der Waals surface area (Å²) in [6.45, 7) is 1.90. The van der Waals surface area contributed by atoms with E-state index >= 15 is 0 Å². The number of hydrogen-bond acceptors (Lipinski definition) is 4. The molecule has 0 saturated carbocycles. The van der Waals surface area contributed by atoms with Gasteiger partial charge in [-0.15, -0.1) is 11.5 Å². The van der Waals surface area contributed by atoms with Crippen LogP contribution in [0.5, 0.6) is 0 Å². The number of thioether (sulfide) groups is 1. The molecular formula is C14H13FN4OS. The normalized spacial score (nSPS) is 11.7. The molecule has 1 unspecified atom stereocenters. The third kappa shape index (κ3) is 3.83. The predicted octanol–water partition coefficient (Wildman–Crippen LogP) is 1.84. The summed E-state index contributed by atoms with van der Waals surface area (Å²) in [6, 6.07) is 6.26. The average molecular weight is 304 g/mol. The molecule has 1 aromatic heterocycles. The minimum absolute atomic E-state index is 0.179. The highest BCUT2D eigenvalue weighted by molar-refractivity contribution is 8.00. The van der Waals surface area contributed by atoms with Gasteiger partial charge in [0.2, 0.25) is 11.1 Å². The number of carbonyl (C=O) groups is 1. The maximum Gasteiger partial charge on any atom is 0.234 e. The summed E-state index contributed by atoms with van der Waals surface area (Å²) in [4.78, 5) is 15.9. The van der Waals surface area contributed by atoms with Crippen molar-refractivity contribution in [3.8, 4) is 23.7 Å². The number of nitrogens with zero attached hydrogens (tertiary/aromatic N) is 2. The number of halogens is 1. The predicted molar refractivity (Wildman–Crippen MR) is 78.9 cm³/mol. The summed E-state index contributed by atoms with van der Waals surface area (Å²) in [7, 11) is 0. The molecule has 1 aromatic carbocycles. The van der Waals surface area contributed by atoms with E-state index in [2.05, 4.69) is 26.4 Å². The summed E-state index contributed by atoms with van der Waals surface area (Å²) in [5.74, 6) is 2.07. The molecule has 0 aliphatic rings. The number of H-pyrrole nitrogens is 1. The van der Waals surface area contributed by atoms with Crippen molar-refractivity contribution in [2.75, 3.05) is 6.54 Å². The molecule has 0 bridgehead atoms. The van der Waals surface area contributed by atoms with Gasteiger partial charge in [-0.2, -0.15) is 0 Å². The van der Waals surface area contributed by atoms with E-state index in [0.29, 0.717) is 16.5 Å². The molecule has 1 amide bonds. The van der Waals surface area contributed by atoms with Gasteiger partial charge in [0.05, 0.1) is 17.4 Å². The summed E-state index contributed by atoms with van der Waals surface area (Å²) >= 11 is 1.17. The molecule has 2 N–H and O–H groups in total. The Morgan fingerprint density at radius 3 is 3.05 bits per heavy atom. The minimum atomic E-state index is -0.400. The molecule has 108 valence electrons. The first-order chi connectivity index (χ1) is 10.1. The SMILES string of the molecule is C#CCNC(=O)C(C)Sc1n[nH]c(-c2ccccc2F)n1. The van der Waals surface area contributed by atoms with Crippen molar-refractivity contribution in [2.24, 2.45) is 0 Å². The summed E-state index contributed by atoms with van der Waals surface area (Å²) in [6.07, 6.45) is 5.07. The molecule has 1 atom stereocenters. The lowest BCUT2D eigenvalue weighted by atomic mass is 10.2. The van der Waals surface area contributed by atoms with E-state index in [0.717, 1.165) is 0 Å². The number of nitrogens with one attached hydrogen (secondary N) is 2. The zero-order valence-corrected chi connectivity index (χ0v) is 12.1. The highest BCUT2D eigenvalue weighted by Gasteiger charge is 2.17. The number of rotatable bonds is 5. The Balaban J connectivity index is 2.06. The average Bonchev–Trinajstić information content (AvgIpc) is 2.93. The molecule has 0 spiro atoms. The van der Waals surface area contributed by atoms with Gasteiger partial charge in [-0.05, 0) is 19.1 Å². The third-order valence-corrected chi connectivity index (χ3v) is 3.57. The third-order valence-electron chi connectivity index (χ3n) is 2.61. The Kier molecular flexibility index (Phi) is 4.95. The topological polar surface area (TPSA) is 70.7 Å². The number of aromatic nitrogens is 3. The first-order valence-corrected chi connectivity index (χ1v) is 7.05. The van der Waals surface area contributed by atoms with Crippen LogP contribution in [0, 0.1) is 18.2 Å². The maximum atomic E-state index is 13.6. The maximum absolute atomic E-state index is 13.6. The van der Waals surface area contributed by atoms with Crippen LogP contribution in [-0.4, -0.2) is 32.9 Å². The zero-order chi connectivity index (χ0) is 15.2. The second kappa shape index (κ2) is 6.90.